The second kappa shape index (κ2) is 10.5. The van der Waals surface area contributed by atoms with Crippen LogP contribution in [0.2, 0.25) is 0 Å². The summed E-state index contributed by atoms with van der Waals surface area (Å²) >= 11 is 0. The first-order valence-corrected chi connectivity index (χ1v) is 12.4. The van der Waals surface area contributed by atoms with Crippen molar-refractivity contribution in [3.63, 3.8) is 0 Å². The van der Waals surface area contributed by atoms with Gasteiger partial charge in [-0.3, -0.25) is 4.68 Å². The van der Waals surface area contributed by atoms with E-state index < -0.39 is 28.9 Å². The summed E-state index contributed by atoms with van der Waals surface area (Å²) in [5, 5.41) is 28.4. The van der Waals surface area contributed by atoms with E-state index in [1.165, 1.54) is 6.07 Å². The molecule has 0 aliphatic rings. The molecule has 0 amide bonds. The van der Waals surface area contributed by atoms with Gasteiger partial charge in [-0.25, -0.2) is 14.2 Å². The molecule has 3 aromatic heterocycles. The fraction of sp³-hybridized carbons (Fsp3) is 0.393. The van der Waals surface area contributed by atoms with Crippen LogP contribution < -0.4 is 10.1 Å². The van der Waals surface area contributed by atoms with Crippen molar-refractivity contribution in [3.05, 3.63) is 70.7 Å². The van der Waals surface area contributed by atoms with E-state index in [-0.39, 0.29) is 12.4 Å². The number of carbonyl (C=O) groups is 1. The fourth-order valence-corrected chi connectivity index (χ4v) is 4.51. The Morgan fingerprint density at radius 1 is 1.24 bits per heavy atom. The highest BCUT2D eigenvalue weighted by Crippen LogP contribution is 2.37. The number of rotatable bonds is 9. The number of ether oxygens (including phenoxy) is 1. The summed E-state index contributed by atoms with van der Waals surface area (Å²) in [6.45, 7) is 8.34. The van der Waals surface area contributed by atoms with E-state index in [4.69, 9.17) is 4.74 Å². The molecule has 0 aliphatic carbocycles. The number of benzene rings is 1. The average Bonchev–Trinajstić information content (AvgIpc) is 3.38. The summed E-state index contributed by atoms with van der Waals surface area (Å²) < 4.78 is 24.4. The number of aryl methyl sites for hydroxylation is 1. The van der Waals surface area contributed by atoms with Crippen LogP contribution in [0.1, 0.15) is 59.9 Å². The van der Waals surface area contributed by atoms with Crippen LogP contribution in [0.15, 0.2) is 36.7 Å². The third kappa shape index (κ3) is 5.14. The molecule has 3 heterocycles. The molecule has 3 N–H and O–H groups in total. The SMILES string of the molecule is CNCc1cnc2ccc(-c3ccc(F)c(C(=O)O)c3OCCc3c(C(O)C(C)(C)C)nn(C)c3C)cn12. The minimum Gasteiger partial charge on any atom is -0.492 e. The van der Waals surface area contributed by atoms with Gasteiger partial charge in [-0.15, -0.1) is 0 Å². The zero-order valence-corrected chi connectivity index (χ0v) is 22.5. The van der Waals surface area contributed by atoms with Gasteiger partial charge in [-0.05, 0) is 43.7 Å². The number of carboxylic acids is 1. The van der Waals surface area contributed by atoms with Gasteiger partial charge in [0.05, 0.1) is 24.2 Å². The van der Waals surface area contributed by atoms with Gasteiger partial charge >= 0.3 is 5.97 Å². The van der Waals surface area contributed by atoms with Gasteiger partial charge in [0.2, 0.25) is 0 Å². The lowest BCUT2D eigenvalue weighted by Crippen LogP contribution is -2.20. The number of nitrogens with zero attached hydrogens (tertiary/aromatic N) is 4. The highest BCUT2D eigenvalue weighted by atomic mass is 19.1. The molecule has 0 spiro atoms. The summed E-state index contributed by atoms with van der Waals surface area (Å²) in [4.78, 5) is 16.5. The van der Waals surface area contributed by atoms with E-state index in [0.29, 0.717) is 29.8 Å². The molecule has 4 aromatic rings. The van der Waals surface area contributed by atoms with Gasteiger partial charge in [0.25, 0.3) is 0 Å². The van der Waals surface area contributed by atoms with E-state index in [9.17, 15) is 19.4 Å². The summed E-state index contributed by atoms with van der Waals surface area (Å²) in [5.74, 6) is -2.34. The second-order valence-electron chi connectivity index (χ2n) is 10.5. The summed E-state index contributed by atoms with van der Waals surface area (Å²) in [6, 6.07) is 6.29. The second-order valence-corrected chi connectivity index (χ2v) is 10.5. The number of carboxylic acid groups (broad SMARTS) is 1. The van der Waals surface area contributed by atoms with Crippen LogP contribution in [0.5, 0.6) is 5.75 Å². The average molecular weight is 524 g/mol. The Hall–Kier alpha value is -3.76. The lowest BCUT2D eigenvalue weighted by Gasteiger charge is -2.25. The zero-order valence-electron chi connectivity index (χ0n) is 22.5. The van der Waals surface area contributed by atoms with Crippen LogP contribution in [0.3, 0.4) is 0 Å². The van der Waals surface area contributed by atoms with E-state index in [1.807, 2.05) is 51.4 Å². The predicted octanol–water partition coefficient (Wildman–Crippen LogP) is 4.30. The molecule has 202 valence electrons. The molecule has 0 fully saturated rings. The Morgan fingerprint density at radius 3 is 2.63 bits per heavy atom. The summed E-state index contributed by atoms with van der Waals surface area (Å²) in [5.41, 5.74) is 4.06. The van der Waals surface area contributed by atoms with Crippen molar-refractivity contribution < 1.29 is 24.1 Å². The van der Waals surface area contributed by atoms with Gasteiger partial charge in [0.15, 0.2) is 0 Å². The maximum atomic E-state index is 14.8. The number of halogens is 1. The number of fused-ring (bicyclic) bond motifs is 1. The van der Waals surface area contributed by atoms with Crippen molar-refractivity contribution in [2.45, 2.75) is 46.8 Å². The smallest absolute Gasteiger partial charge is 0.342 e. The van der Waals surface area contributed by atoms with Crippen molar-refractivity contribution in [2.24, 2.45) is 12.5 Å². The molecule has 0 bridgehead atoms. The van der Waals surface area contributed by atoms with Crippen molar-refractivity contribution in [3.8, 4) is 16.9 Å². The number of imidazole rings is 1. The first-order chi connectivity index (χ1) is 17.9. The normalized spacial score (nSPS) is 12.7. The first kappa shape index (κ1) is 27.3. The lowest BCUT2D eigenvalue weighted by atomic mass is 9.85. The highest BCUT2D eigenvalue weighted by Gasteiger charge is 2.30. The van der Waals surface area contributed by atoms with Gasteiger partial charge in [-0.2, -0.15) is 5.10 Å². The molecule has 0 aliphatic heterocycles. The zero-order chi connectivity index (χ0) is 27.8. The topological polar surface area (TPSA) is 114 Å². The lowest BCUT2D eigenvalue weighted by molar-refractivity contribution is 0.0575. The Morgan fingerprint density at radius 2 is 1.97 bits per heavy atom. The molecule has 10 heteroatoms. The molecular weight excluding hydrogens is 489 g/mol. The number of aromatic carboxylic acids is 1. The Kier molecular flexibility index (Phi) is 7.57. The number of nitrogens with one attached hydrogen (secondary N) is 1. The van der Waals surface area contributed by atoms with Crippen molar-refractivity contribution >= 4 is 11.6 Å². The van der Waals surface area contributed by atoms with E-state index in [0.717, 1.165) is 28.7 Å². The molecule has 1 aromatic carbocycles. The number of hydrogen-bond donors (Lipinski definition) is 3. The van der Waals surface area contributed by atoms with Gasteiger partial charge < -0.3 is 24.7 Å². The highest BCUT2D eigenvalue weighted by molar-refractivity contribution is 5.94. The monoisotopic (exact) mass is 523 g/mol. The molecule has 1 atom stereocenters. The molecule has 0 saturated carbocycles. The summed E-state index contributed by atoms with van der Waals surface area (Å²) in [6.07, 6.45) is 3.15. The molecular formula is C28H34FN5O4. The third-order valence-electron chi connectivity index (χ3n) is 6.74. The minimum absolute atomic E-state index is 0.0494. The van der Waals surface area contributed by atoms with Crippen molar-refractivity contribution in [1.82, 2.24) is 24.5 Å². The van der Waals surface area contributed by atoms with Crippen LogP contribution in [0, 0.1) is 18.2 Å². The summed E-state index contributed by atoms with van der Waals surface area (Å²) in [7, 11) is 3.64. The largest absolute Gasteiger partial charge is 0.492 e. The number of pyridine rings is 1. The van der Waals surface area contributed by atoms with Crippen LogP contribution in [0.4, 0.5) is 4.39 Å². The van der Waals surface area contributed by atoms with Crippen LogP contribution in [-0.2, 0) is 20.0 Å². The fourth-order valence-electron chi connectivity index (χ4n) is 4.51. The maximum absolute atomic E-state index is 14.8. The molecule has 0 radical (unpaired) electrons. The minimum atomic E-state index is -1.42. The molecule has 38 heavy (non-hydrogen) atoms. The van der Waals surface area contributed by atoms with Crippen LogP contribution >= 0.6 is 0 Å². The number of aliphatic hydroxyl groups excluding tert-OH is 1. The van der Waals surface area contributed by atoms with E-state index >= 15 is 0 Å². The molecule has 0 saturated heterocycles. The Labute approximate surface area is 220 Å². The Bertz CT molecular complexity index is 1480. The number of hydrogen-bond acceptors (Lipinski definition) is 6. The molecule has 9 nitrogen and oxygen atoms in total. The van der Waals surface area contributed by atoms with E-state index in [1.54, 1.807) is 24.0 Å². The van der Waals surface area contributed by atoms with E-state index in [2.05, 4.69) is 15.4 Å². The van der Waals surface area contributed by atoms with Gasteiger partial charge in [0, 0.05) is 48.6 Å². The molecule has 4 rings (SSSR count). The van der Waals surface area contributed by atoms with Gasteiger partial charge in [0.1, 0.15) is 28.9 Å². The standard InChI is InChI=1S/C28H34FN5O4/c1-16-19(24(32-33(16)6)26(35)28(2,3)4)11-12-38-25-20(8-9-21(29)23(25)27(36)37)17-7-10-22-31-14-18(13-30-5)34(22)15-17/h7-10,14-15,26,30,35H,11-13H2,1-6H3,(H,36,37). The maximum Gasteiger partial charge on any atom is 0.342 e. The Balaban J connectivity index is 1.72. The third-order valence-corrected chi connectivity index (χ3v) is 6.74. The van der Waals surface area contributed by atoms with Crippen molar-refractivity contribution in [2.75, 3.05) is 13.7 Å². The van der Waals surface area contributed by atoms with Gasteiger partial charge in [-0.1, -0.05) is 20.8 Å². The predicted molar refractivity (Wildman–Crippen MR) is 142 cm³/mol. The van der Waals surface area contributed by atoms with Crippen LogP contribution in [-0.4, -0.2) is 49.0 Å². The quantitative estimate of drug-likeness (QED) is 0.300. The number of aromatic nitrogens is 4. The van der Waals surface area contributed by atoms with Crippen LogP contribution in [0.25, 0.3) is 16.8 Å². The molecule has 1 unspecified atom stereocenters. The number of aliphatic hydroxyl groups is 1. The first-order valence-electron chi connectivity index (χ1n) is 12.4. The van der Waals surface area contributed by atoms with Crippen molar-refractivity contribution in [1.29, 1.82) is 0 Å².